The van der Waals surface area contributed by atoms with Crippen LogP contribution in [-0.2, 0) is 9.05 Å². The van der Waals surface area contributed by atoms with Crippen LogP contribution in [0.1, 0.15) is 30.1 Å². The van der Waals surface area contributed by atoms with Crippen molar-refractivity contribution < 1.29 is 22.0 Å². The van der Waals surface area contributed by atoms with Crippen LogP contribution in [0.25, 0.3) is 0 Å². The summed E-state index contributed by atoms with van der Waals surface area (Å²) in [5.41, 5.74) is -0.437. The number of carbonyl (C=O) groups excluding carboxylic acids is 1. The molecule has 1 aliphatic rings. The largest absolute Gasteiger partial charge is 0.336 e. The van der Waals surface area contributed by atoms with Gasteiger partial charge in [-0.1, -0.05) is 0 Å². The summed E-state index contributed by atoms with van der Waals surface area (Å²) in [5.74, 6) is -3.31. The van der Waals surface area contributed by atoms with Gasteiger partial charge in [0, 0.05) is 23.3 Å². The van der Waals surface area contributed by atoms with Crippen molar-refractivity contribution in [1.82, 2.24) is 4.90 Å². The summed E-state index contributed by atoms with van der Waals surface area (Å²) in [4.78, 5) is 13.0. The summed E-state index contributed by atoms with van der Waals surface area (Å²) in [5, 5.41) is 0. The number of nitrogens with zero attached hydrogens (tertiary/aromatic N) is 1. The van der Waals surface area contributed by atoms with Crippen LogP contribution >= 0.6 is 10.7 Å². The number of carbonyl (C=O) groups is 1. The molecule has 1 fully saturated rings. The molecule has 0 radical (unpaired) electrons. The summed E-state index contributed by atoms with van der Waals surface area (Å²) < 4.78 is 49.3. The second-order valence-electron chi connectivity index (χ2n) is 4.52. The summed E-state index contributed by atoms with van der Waals surface area (Å²) >= 11 is 0. The zero-order chi connectivity index (χ0) is 15.1. The maximum Gasteiger partial charge on any atom is 0.262 e. The highest BCUT2D eigenvalue weighted by Gasteiger charge is 2.34. The van der Waals surface area contributed by atoms with Gasteiger partial charge in [-0.15, -0.1) is 0 Å². The molecular formula is C12H12ClF2NO3S. The Labute approximate surface area is 119 Å². The standard InChI is InChI=1S/C12H12ClF2NO3S/c1-2-16(7-3-4-7)12(17)8-5-9(14)10(15)6-11(8)20(13,18)19/h5-7H,2-4H2,1H3. The lowest BCUT2D eigenvalue weighted by Gasteiger charge is -2.21. The molecule has 0 aliphatic heterocycles. The van der Waals surface area contributed by atoms with E-state index in [-0.39, 0.29) is 6.04 Å². The zero-order valence-corrected chi connectivity index (χ0v) is 12.1. The fraction of sp³-hybridized carbons (Fsp3) is 0.417. The molecular weight excluding hydrogens is 312 g/mol. The molecule has 2 rings (SSSR count). The van der Waals surface area contributed by atoms with E-state index >= 15 is 0 Å². The Morgan fingerprint density at radius 2 is 1.90 bits per heavy atom. The normalized spacial score (nSPS) is 15.2. The monoisotopic (exact) mass is 323 g/mol. The van der Waals surface area contributed by atoms with Crippen molar-refractivity contribution in [2.24, 2.45) is 0 Å². The molecule has 0 saturated heterocycles. The lowest BCUT2D eigenvalue weighted by atomic mass is 10.1. The maximum atomic E-state index is 13.3. The number of hydrogen-bond donors (Lipinski definition) is 0. The second-order valence-corrected chi connectivity index (χ2v) is 7.06. The molecule has 0 aromatic heterocycles. The minimum Gasteiger partial charge on any atom is -0.336 e. The molecule has 1 aromatic carbocycles. The lowest BCUT2D eigenvalue weighted by molar-refractivity contribution is 0.0748. The van der Waals surface area contributed by atoms with Gasteiger partial charge in [-0.2, -0.15) is 0 Å². The maximum absolute atomic E-state index is 13.3. The Hall–Kier alpha value is -1.21. The van der Waals surface area contributed by atoms with Gasteiger partial charge in [0.15, 0.2) is 11.6 Å². The Morgan fingerprint density at radius 3 is 2.35 bits per heavy atom. The van der Waals surface area contributed by atoms with Crippen LogP contribution in [0, 0.1) is 11.6 Å². The first-order valence-electron chi connectivity index (χ1n) is 6.00. The topological polar surface area (TPSA) is 54.5 Å². The molecule has 8 heteroatoms. The molecule has 1 aromatic rings. The number of rotatable bonds is 4. The molecule has 4 nitrogen and oxygen atoms in total. The van der Waals surface area contributed by atoms with Crippen molar-refractivity contribution in [3.05, 3.63) is 29.3 Å². The van der Waals surface area contributed by atoms with Crippen LogP contribution in [0.3, 0.4) is 0 Å². The number of halogens is 3. The third-order valence-electron chi connectivity index (χ3n) is 3.10. The molecule has 0 atom stereocenters. The Kier molecular flexibility index (Phi) is 4.02. The quantitative estimate of drug-likeness (QED) is 0.800. The number of benzene rings is 1. The minimum atomic E-state index is -4.35. The number of hydrogen-bond acceptors (Lipinski definition) is 3. The third-order valence-corrected chi connectivity index (χ3v) is 4.47. The van der Waals surface area contributed by atoms with Gasteiger partial charge in [0.1, 0.15) is 0 Å². The third kappa shape index (κ3) is 2.93. The van der Waals surface area contributed by atoms with Crippen molar-refractivity contribution in [2.75, 3.05) is 6.54 Å². The average Bonchev–Trinajstić information content (AvgIpc) is 3.16. The van der Waals surface area contributed by atoms with E-state index in [1.807, 2.05) is 0 Å². The first-order chi connectivity index (χ1) is 9.25. The van der Waals surface area contributed by atoms with Gasteiger partial charge in [0.05, 0.1) is 10.5 Å². The summed E-state index contributed by atoms with van der Waals surface area (Å²) in [7, 11) is 0.841. The SMILES string of the molecule is CCN(C(=O)c1cc(F)c(F)cc1S(=O)(=O)Cl)C1CC1. The van der Waals surface area contributed by atoms with Crippen LogP contribution < -0.4 is 0 Å². The van der Waals surface area contributed by atoms with Crippen LogP contribution in [0.2, 0.25) is 0 Å². The molecule has 1 aliphatic carbocycles. The molecule has 1 saturated carbocycles. The highest BCUT2D eigenvalue weighted by molar-refractivity contribution is 8.13. The molecule has 0 bridgehead atoms. The van der Waals surface area contributed by atoms with Gasteiger partial charge in [-0.3, -0.25) is 4.79 Å². The van der Waals surface area contributed by atoms with E-state index in [0.29, 0.717) is 18.7 Å². The zero-order valence-electron chi connectivity index (χ0n) is 10.6. The van der Waals surface area contributed by atoms with Crippen molar-refractivity contribution in [1.29, 1.82) is 0 Å². The van der Waals surface area contributed by atoms with E-state index in [2.05, 4.69) is 0 Å². The van der Waals surface area contributed by atoms with Gasteiger partial charge in [0.2, 0.25) is 0 Å². The fourth-order valence-corrected chi connectivity index (χ4v) is 3.04. The van der Waals surface area contributed by atoms with Gasteiger partial charge in [0.25, 0.3) is 15.0 Å². The van der Waals surface area contributed by atoms with Gasteiger partial charge < -0.3 is 4.90 Å². The molecule has 0 unspecified atom stereocenters. The van der Waals surface area contributed by atoms with Crippen molar-refractivity contribution in [2.45, 2.75) is 30.7 Å². The summed E-state index contributed by atoms with van der Waals surface area (Å²) in [6.07, 6.45) is 1.62. The van der Waals surface area contributed by atoms with Crippen LogP contribution in [-0.4, -0.2) is 31.8 Å². The van der Waals surface area contributed by atoms with Gasteiger partial charge >= 0.3 is 0 Å². The van der Waals surface area contributed by atoms with Crippen molar-refractivity contribution in [3.8, 4) is 0 Å². The molecule has 0 spiro atoms. The molecule has 20 heavy (non-hydrogen) atoms. The minimum absolute atomic E-state index is 0.0199. The molecule has 0 heterocycles. The van der Waals surface area contributed by atoms with Crippen LogP contribution in [0.15, 0.2) is 17.0 Å². The predicted octanol–water partition coefficient (Wildman–Crippen LogP) is 2.52. The molecule has 110 valence electrons. The van der Waals surface area contributed by atoms with E-state index < -0.39 is 37.1 Å². The first kappa shape index (κ1) is 15.2. The number of amides is 1. The van der Waals surface area contributed by atoms with Crippen LogP contribution in [0.5, 0.6) is 0 Å². The fourth-order valence-electron chi connectivity index (χ4n) is 2.01. The average molecular weight is 324 g/mol. The van der Waals surface area contributed by atoms with E-state index in [9.17, 15) is 22.0 Å². The van der Waals surface area contributed by atoms with Gasteiger partial charge in [-0.25, -0.2) is 17.2 Å². The van der Waals surface area contributed by atoms with E-state index in [4.69, 9.17) is 10.7 Å². The second kappa shape index (κ2) is 5.29. The molecule has 0 N–H and O–H groups in total. The highest BCUT2D eigenvalue weighted by Crippen LogP contribution is 2.30. The Balaban J connectivity index is 2.54. The highest BCUT2D eigenvalue weighted by atomic mass is 35.7. The predicted molar refractivity (Wildman–Crippen MR) is 69.1 cm³/mol. The Bertz CT molecular complexity index is 659. The first-order valence-corrected chi connectivity index (χ1v) is 8.31. The van der Waals surface area contributed by atoms with E-state index in [1.54, 1.807) is 6.92 Å². The summed E-state index contributed by atoms with van der Waals surface area (Å²) in [6, 6.07) is 1.04. The van der Waals surface area contributed by atoms with Crippen molar-refractivity contribution >= 4 is 25.6 Å². The van der Waals surface area contributed by atoms with E-state index in [1.165, 1.54) is 4.90 Å². The van der Waals surface area contributed by atoms with Gasteiger partial charge in [-0.05, 0) is 31.9 Å². The molecule has 1 amide bonds. The van der Waals surface area contributed by atoms with Crippen LogP contribution in [0.4, 0.5) is 8.78 Å². The Morgan fingerprint density at radius 1 is 1.35 bits per heavy atom. The lowest BCUT2D eigenvalue weighted by Crippen LogP contribution is -2.33. The van der Waals surface area contributed by atoms with E-state index in [0.717, 1.165) is 12.8 Å². The van der Waals surface area contributed by atoms with Crippen molar-refractivity contribution in [3.63, 3.8) is 0 Å². The summed E-state index contributed by atoms with van der Waals surface area (Å²) in [6.45, 7) is 2.08. The smallest absolute Gasteiger partial charge is 0.262 e.